The van der Waals surface area contributed by atoms with E-state index >= 15 is 0 Å². The third kappa shape index (κ3) is 3.14. The molecule has 1 aliphatic heterocycles. The molecule has 2 rings (SSSR count). The van der Waals surface area contributed by atoms with E-state index in [4.69, 9.17) is 5.73 Å². The Hall–Kier alpha value is -2.38. The standard InChI is InChI=1S/C12H17N5O3/c1-8-10(17(19)20)4-5-11(14-8)15-9-3-2-6-16(7-9)12(13)18/h4-5,9H,2-3,6-7H2,1H3,(H2,13,18)(H,14,15)/t9-/m0/s1. The van der Waals surface area contributed by atoms with Crippen LogP contribution in [0.25, 0.3) is 0 Å². The SMILES string of the molecule is Cc1nc(N[C@H]2CCCN(C(N)=O)C2)ccc1[N+](=O)[O-]. The van der Waals surface area contributed by atoms with Crippen LogP contribution < -0.4 is 11.1 Å². The number of hydrogen-bond acceptors (Lipinski definition) is 5. The molecule has 1 aromatic rings. The second-order valence-electron chi connectivity index (χ2n) is 4.83. The zero-order valence-electron chi connectivity index (χ0n) is 11.2. The molecule has 0 unspecified atom stereocenters. The van der Waals surface area contributed by atoms with Gasteiger partial charge in [0.25, 0.3) is 5.69 Å². The van der Waals surface area contributed by atoms with Gasteiger partial charge in [-0.3, -0.25) is 10.1 Å². The zero-order chi connectivity index (χ0) is 14.7. The number of carbonyl (C=O) groups excluding carboxylic acids is 1. The number of aryl methyl sites for hydroxylation is 1. The van der Waals surface area contributed by atoms with Gasteiger partial charge in [-0.25, -0.2) is 9.78 Å². The number of aromatic nitrogens is 1. The summed E-state index contributed by atoms with van der Waals surface area (Å²) in [6.45, 7) is 2.78. The lowest BCUT2D eigenvalue weighted by molar-refractivity contribution is -0.385. The van der Waals surface area contributed by atoms with Crippen molar-refractivity contribution in [2.75, 3.05) is 18.4 Å². The van der Waals surface area contributed by atoms with Crippen molar-refractivity contribution in [3.63, 3.8) is 0 Å². The molecule has 1 aliphatic rings. The average Bonchev–Trinajstić information content (AvgIpc) is 2.38. The molecule has 1 fully saturated rings. The molecule has 8 nitrogen and oxygen atoms in total. The van der Waals surface area contributed by atoms with Crippen molar-refractivity contribution in [3.05, 3.63) is 27.9 Å². The number of carbonyl (C=O) groups is 1. The molecule has 1 aromatic heterocycles. The summed E-state index contributed by atoms with van der Waals surface area (Å²) in [4.78, 5) is 27.2. The summed E-state index contributed by atoms with van der Waals surface area (Å²) in [7, 11) is 0. The Morgan fingerprint density at radius 1 is 1.60 bits per heavy atom. The Bertz CT molecular complexity index is 534. The molecule has 0 bridgehead atoms. The van der Waals surface area contributed by atoms with Crippen LogP contribution in [0.1, 0.15) is 18.5 Å². The van der Waals surface area contributed by atoms with Crippen molar-refractivity contribution < 1.29 is 9.72 Å². The second-order valence-corrected chi connectivity index (χ2v) is 4.83. The van der Waals surface area contributed by atoms with Gasteiger partial charge in [0.05, 0.1) is 4.92 Å². The van der Waals surface area contributed by atoms with E-state index in [0.29, 0.717) is 24.6 Å². The Morgan fingerprint density at radius 2 is 2.35 bits per heavy atom. The van der Waals surface area contributed by atoms with Crippen LogP contribution in [0.2, 0.25) is 0 Å². The van der Waals surface area contributed by atoms with Crippen molar-refractivity contribution in [1.29, 1.82) is 0 Å². The van der Waals surface area contributed by atoms with Gasteiger partial charge in [0, 0.05) is 25.2 Å². The van der Waals surface area contributed by atoms with Crippen LogP contribution >= 0.6 is 0 Å². The normalized spacial score (nSPS) is 18.6. The summed E-state index contributed by atoms with van der Waals surface area (Å²) in [6.07, 6.45) is 1.77. The predicted octanol–water partition coefficient (Wildman–Crippen LogP) is 1.25. The van der Waals surface area contributed by atoms with Crippen LogP contribution in [0.4, 0.5) is 16.3 Å². The molecular weight excluding hydrogens is 262 g/mol. The fourth-order valence-corrected chi connectivity index (χ4v) is 2.33. The second kappa shape index (κ2) is 5.72. The third-order valence-corrected chi connectivity index (χ3v) is 3.34. The van der Waals surface area contributed by atoms with Crippen LogP contribution in [0.3, 0.4) is 0 Å². The maximum atomic E-state index is 11.2. The van der Waals surface area contributed by atoms with Gasteiger partial charge in [0.1, 0.15) is 11.5 Å². The lowest BCUT2D eigenvalue weighted by Gasteiger charge is -2.32. The molecule has 0 aromatic carbocycles. The minimum absolute atomic E-state index is 0.00189. The molecule has 0 spiro atoms. The van der Waals surface area contributed by atoms with E-state index < -0.39 is 11.0 Å². The van der Waals surface area contributed by atoms with Crippen LogP contribution in [0.5, 0.6) is 0 Å². The molecule has 3 N–H and O–H groups in total. The van der Waals surface area contributed by atoms with E-state index in [2.05, 4.69) is 10.3 Å². The monoisotopic (exact) mass is 279 g/mol. The Labute approximate surface area is 116 Å². The van der Waals surface area contributed by atoms with Gasteiger partial charge in [0.15, 0.2) is 0 Å². The summed E-state index contributed by atoms with van der Waals surface area (Å²) >= 11 is 0. The van der Waals surface area contributed by atoms with Crippen molar-refractivity contribution in [2.24, 2.45) is 5.73 Å². The largest absolute Gasteiger partial charge is 0.366 e. The molecule has 0 saturated carbocycles. The number of pyridine rings is 1. The van der Waals surface area contributed by atoms with Crippen molar-refractivity contribution in [3.8, 4) is 0 Å². The smallest absolute Gasteiger partial charge is 0.314 e. The van der Waals surface area contributed by atoms with E-state index in [0.717, 1.165) is 12.8 Å². The molecule has 0 radical (unpaired) electrons. The number of nitrogens with zero attached hydrogens (tertiary/aromatic N) is 3. The van der Waals surface area contributed by atoms with E-state index in [-0.39, 0.29) is 11.7 Å². The van der Waals surface area contributed by atoms with Gasteiger partial charge in [0.2, 0.25) is 0 Å². The number of amides is 2. The van der Waals surface area contributed by atoms with Crippen LogP contribution in [-0.2, 0) is 0 Å². The first-order valence-corrected chi connectivity index (χ1v) is 6.40. The fourth-order valence-electron chi connectivity index (χ4n) is 2.33. The topological polar surface area (TPSA) is 114 Å². The number of nitrogens with two attached hydrogens (primary N) is 1. The summed E-state index contributed by atoms with van der Waals surface area (Å²) in [6, 6.07) is 2.64. The van der Waals surface area contributed by atoms with Gasteiger partial charge < -0.3 is 16.0 Å². The molecule has 2 amide bonds. The Balaban J connectivity index is 2.04. The maximum absolute atomic E-state index is 11.2. The molecule has 20 heavy (non-hydrogen) atoms. The van der Waals surface area contributed by atoms with Gasteiger partial charge in [-0.1, -0.05) is 0 Å². The van der Waals surface area contributed by atoms with E-state index in [1.807, 2.05) is 0 Å². The lowest BCUT2D eigenvalue weighted by atomic mass is 10.1. The number of hydrogen-bond donors (Lipinski definition) is 2. The van der Waals surface area contributed by atoms with Crippen LogP contribution in [-0.4, -0.2) is 40.0 Å². The quantitative estimate of drug-likeness (QED) is 0.638. The number of rotatable bonds is 3. The Morgan fingerprint density at radius 3 is 2.95 bits per heavy atom. The molecule has 1 saturated heterocycles. The Kier molecular flexibility index (Phi) is 4.02. The zero-order valence-corrected chi connectivity index (χ0v) is 11.2. The predicted molar refractivity (Wildman–Crippen MR) is 73.4 cm³/mol. The first-order valence-electron chi connectivity index (χ1n) is 6.40. The van der Waals surface area contributed by atoms with Gasteiger partial charge >= 0.3 is 6.03 Å². The molecule has 8 heteroatoms. The average molecular weight is 279 g/mol. The molecule has 108 valence electrons. The maximum Gasteiger partial charge on any atom is 0.314 e. The molecule has 0 aliphatic carbocycles. The highest BCUT2D eigenvalue weighted by atomic mass is 16.6. The molecule has 2 heterocycles. The number of nitro groups is 1. The molecular formula is C12H17N5O3. The highest BCUT2D eigenvalue weighted by molar-refractivity contribution is 5.72. The summed E-state index contributed by atoms with van der Waals surface area (Å²) < 4.78 is 0. The highest BCUT2D eigenvalue weighted by Crippen LogP contribution is 2.20. The molecule has 1 atom stereocenters. The fraction of sp³-hybridized carbons (Fsp3) is 0.500. The summed E-state index contributed by atoms with van der Waals surface area (Å²) in [5, 5.41) is 13.9. The van der Waals surface area contributed by atoms with Gasteiger partial charge in [-0.15, -0.1) is 0 Å². The van der Waals surface area contributed by atoms with Crippen molar-refractivity contribution in [1.82, 2.24) is 9.88 Å². The summed E-state index contributed by atoms with van der Waals surface area (Å²) in [5.74, 6) is 0.574. The number of likely N-dealkylation sites (tertiary alicyclic amines) is 1. The minimum atomic E-state index is -0.457. The summed E-state index contributed by atoms with van der Waals surface area (Å²) in [5.41, 5.74) is 5.63. The number of nitrogens with one attached hydrogen (secondary N) is 1. The van der Waals surface area contributed by atoms with Crippen molar-refractivity contribution >= 4 is 17.5 Å². The lowest BCUT2D eigenvalue weighted by Crippen LogP contribution is -2.47. The van der Waals surface area contributed by atoms with Crippen LogP contribution in [0.15, 0.2) is 12.1 Å². The van der Waals surface area contributed by atoms with Crippen molar-refractivity contribution in [2.45, 2.75) is 25.8 Å². The first kappa shape index (κ1) is 14.0. The van der Waals surface area contributed by atoms with Gasteiger partial charge in [-0.05, 0) is 25.8 Å². The number of primary amides is 1. The van der Waals surface area contributed by atoms with Gasteiger partial charge in [-0.2, -0.15) is 0 Å². The third-order valence-electron chi connectivity index (χ3n) is 3.34. The minimum Gasteiger partial charge on any atom is -0.366 e. The van der Waals surface area contributed by atoms with E-state index in [1.54, 1.807) is 17.9 Å². The number of piperidine rings is 1. The van der Waals surface area contributed by atoms with E-state index in [1.165, 1.54) is 6.07 Å². The first-order chi connectivity index (χ1) is 9.47. The number of urea groups is 1. The van der Waals surface area contributed by atoms with Crippen LogP contribution in [0, 0.1) is 17.0 Å². The van der Waals surface area contributed by atoms with E-state index in [9.17, 15) is 14.9 Å². The highest BCUT2D eigenvalue weighted by Gasteiger charge is 2.22. The number of anilines is 1.